The van der Waals surface area contributed by atoms with Gasteiger partial charge in [-0.15, -0.1) is 28.1 Å². The molecule has 0 aliphatic heterocycles. The van der Waals surface area contributed by atoms with Gasteiger partial charge in [0.05, 0.1) is 12.4 Å². The topological polar surface area (TPSA) is 95.3 Å². The number of anilines is 1. The molecule has 196 valence electrons. The molecule has 2 aromatic heterocycles. The van der Waals surface area contributed by atoms with Crippen molar-refractivity contribution in [1.29, 1.82) is 0 Å². The Morgan fingerprint density at radius 1 is 1.13 bits per heavy atom. The predicted molar refractivity (Wildman–Crippen MR) is 151 cm³/mol. The van der Waals surface area contributed by atoms with E-state index in [1.165, 1.54) is 23.1 Å². The lowest BCUT2D eigenvalue weighted by Crippen LogP contribution is -2.17. The Labute approximate surface area is 229 Å². The van der Waals surface area contributed by atoms with Crippen molar-refractivity contribution >= 4 is 40.0 Å². The maximum Gasteiger partial charge on any atom is 0.341 e. The van der Waals surface area contributed by atoms with Gasteiger partial charge in [0.25, 0.3) is 0 Å². The first-order chi connectivity index (χ1) is 18.5. The molecule has 1 N–H and O–H groups in total. The van der Waals surface area contributed by atoms with E-state index >= 15 is 0 Å². The maximum atomic E-state index is 12.9. The highest BCUT2D eigenvalue weighted by Gasteiger charge is 2.23. The zero-order valence-electron chi connectivity index (χ0n) is 21.2. The van der Waals surface area contributed by atoms with Crippen LogP contribution in [-0.4, -0.2) is 39.0 Å². The number of carbonyl (C=O) groups is 2. The number of aryl methyl sites for hydroxylation is 1. The average molecular weight is 549 g/mol. The van der Waals surface area contributed by atoms with Crippen LogP contribution in [0.15, 0.2) is 77.8 Å². The van der Waals surface area contributed by atoms with E-state index in [-0.39, 0.29) is 24.9 Å². The van der Waals surface area contributed by atoms with Crippen molar-refractivity contribution in [1.82, 2.24) is 14.8 Å². The molecule has 4 rings (SSSR count). The number of rotatable bonds is 12. The van der Waals surface area contributed by atoms with Gasteiger partial charge in [0.15, 0.2) is 11.0 Å². The number of benzene rings is 2. The first kappa shape index (κ1) is 27.2. The maximum absolute atomic E-state index is 12.9. The van der Waals surface area contributed by atoms with Crippen LogP contribution in [0.5, 0.6) is 5.75 Å². The van der Waals surface area contributed by atoms with E-state index in [0.29, 0.717) is 28.1 Å². The number of esters is 1. The Kier molecular flexibility index (Phi) is 9.34. The third-order valence-electron chi connectivity index (χ3n) is 5.43. The summed E-state index contributed by atoms with van der Waals surface area (Å²) in [5.41, 5.74) is 3.10. The lowest BCUT2D eigenvalue weighted by molar-refractivity contribution is -0.113. The molecule has 2 aromatic carbocycles. The molecular formula is C28H28N4O4S2. The predicted octanol–water partition coefficient (Wildman–Crippen LogP) is 5.99. The second kappa shape index (κ2) is 13.1. The van der Waals surface area contributed by atoms with Crippen LogP contribution in [0.25, 0.3) is 11.1 Å². The Morgan fingerprint density at radius 3 is 2.61 bits per heavy atom. The highest BCUT2D eigenvalue weighted by molar-refractivity contribution is 7.99. The number of aromatic nitrogens is 3. The van der Waals surface area contributed by atoms with Gasteiger partial charge in [-0.25, -0.2) is 4.79 Å². The summed E-state index contributed by atoms with van der Waals surface area (Å²) >= 11 is 2.54. The molecule has 10 heteroatoms. The number of thiophene rings is 1. The first-order valence-corrected chi connectivity index (χ1v) is 13.9. The second-order valence-corrected chi connectivity index (χ2v) is 10.00. The number of carbonyl (C=O) groups excluding carboxylic acids is 2. The molecule has 0 saturated carbocycles. The SMILES string of the molecule is C=CCn1c(COc2ccc(C)cc2)nnc1SCC(=O)Nc1scc(-c2ccccc2)c1C(=O)OCC. The number of nitrogens with one attached hydrogen (secondary N) is 1. The number of ether oxygens (including phenoxy) is 2. The highest BCUT2D eigenvalue weighted by atomic mass is 32.2. The molecule has 2 heterocycles. The Morgan fingerprint density at radius 2 is 1.89 bits per heavy atom. The number of thioether (sulfide) groups is 1. The summed E-state index contributed by atoms with van der Waals surface area (Å²) in [4.78, 5) is 25.7. The molecule has 0 fully saturated rings. The number of allylic oxidation sites excluding steroid dienone is 1. The standard InChI is InChI=1S/C28H28N4O4S2/c1-4-15-32-23(16-36-21-13-11-19(3)12-14-21)30-31-28(32)38-18-24(33)29-26-25(27(34)35-5-2)22(17-37-26)20-9-7-6-8-10-20/h4,6-14,17H,1,5,15-16,18H2,2-3H3,(H,29,33). The van der Waals surface area contributed by atoms with Crippen molar-refractivity contribution in [3.8, 4) is 16.9 Å². The smallest absolute Gasteiger partial charge is 0.341 e. The highest BCUT2D eigenvalue weighted by Crippen LogP contribution is 2.36. The number of hydrogen-bond acceptors (Lipinski definition) is 8. The minimum absolute atomic E-state index is 0.0783. The lowest BCUT2D eigenvalue weighted by atomic mass is 10.0. The summed E-state index contributed by atoms with van der Waals surface area (Å²) in [7, 11) is 0. The van der Waals surface area contributed by atoms with Crippen LogP contribution >= 0.6 is 23.1 Å². The first-order valence-electron chi connectivity index (χ1n) is 12.0. The monoisotopic (exact) mass is 548 g/mol. The zero-order valence-corrected chi connectivity index (χ0v) is 22.8. The van der Waals surface area contributed by atoms with Crippen molar-refractivity contribution in [2.75, 3.05) is 17.7 Å². The van der Waals surface area contributed by atoms with Gasteiger partial charge in [0.1, 0.15) is 22.9 Å². The van der Waals surface area contributed by atoms with E-state index in [4.69, 9.17) is 9.47 Å². The number of amides is 1. The molecular weight excluding hydrogens is 520 g/mol. The Bertz CT molecular complexity index is 1400. The van der Waals surface area contributed by atoms with Crippen molar-refractivity contribution in [3.05, 3.63) is 89.6 Å². The van der Waals surface area contributed by atoms with Crippen LogP contribution in [0.1, 0.15) is 28.7 Å². The van der Waals surface area contributed by atoms with E-state index in [2.05, 4.69) is 22.1 Å². The summed E-state index contributed by atoms with van der Waals surface area (Å²) in [6.07, 6.45) is 1.74. The summed E-state index contributed by atoms with van der Waals surface area (Å²) < 4.78 is 13.0. The van der Waals surface area contributed by atoms with E-state index in [1.54, 1.807) is 13.0 Å². The largest absolute Gasteiger partial charge is 0.486 e. The molecule has 0 radical (unpaired) electrons. The molecule has 0 spiro atoms. The van der Waals surface area contributed by atoms with E-state index in [1.807, 2.05) is 71.5 Å². The van der Waals surface area contributed by atoms with Crippen LogP contribution in [0, 0.1) is 6.92 Å². The molecule has 0 bridgehead atoms. The third kappa shape index (κ3) is 6.70. The van der Waals surface area contributed by atoms with Crippen molar-refractivity contribution in [3.63, 3.8) is 0 Å². The zero-order chi connectivity index (χ0) is 26.9. The fraction of sp³-hybridized carbons (Fsp3) is 0.214. The molecule has 0 atom stereocenters. The molecule has 38 heavy (non-hydrogen) atoms. The van der Waals surface area contributed by atoms with Crippen molar-refractivity contribution in [2.45, 2.75) is 32.2 Å². The van der Waals surface area contributed by atoms with Crippen molar-refractivity contribution < 1.29 is 19.1 Å². The van der Waals surface area contributed by atoms with Crippen molar-refractivity contribution in [2.24, 2.45) is 0 Å². The van der Waals surface area contributed by atoms with Crippen LogP contribution in [0.3, 0.4) is 0 Å². The third-order valence-corrected chi connectivity index (χ3v) is 7.30. The molecule has 0 aliphatic carbocycles. The van der Waals surface area contributed by atoms with E-state index in [0.717, 1.165) is 22.4 Å². The van der Waals surface area contributed by atoms with Crippen LogP contribution < -0.4 is 10.1 Å². The van der Waals surface area contributed by atoms with Gasteiger partial charge in [-0.3, -0.25) is 9.36 Å². The summed E-state index contributed by atoms with van der Waals surface area (Å²) in [5.74, 6) is 0.700. The van der Waals surface area contributed by atoms with Gasteiger partial charge in [-0.2, -0.15) is 0 Å². The summed E-state index contributed by atoms with van der Waals surface area (Å²) in [5, 5.41) is 14.3. The molecule has 1 amide bonds. The molecule has 0 unspecified atom stereocenters. The lowest BCUT2D eigenvalue weighted by Gasteiger charge is -2.10. The van der Waals surface area contributed by atoms with Gasteiger partial charge >= 0.3 is 5.97 Å². The molecule has 8 nitrogen and oxygen atoms in total. The molecule has 0 aliphatic rings. The quantitative estimate of drug-likeness (QED) is 0.132. The molecule has 4 aromatic rings. The van der Waals surface area contributed by atoms with Gasteiger partial charge in [0.2, 0.25) is 5.91 Å². The van der Waals surface area contributed by atoms with Gasteiger partial charge in [-0.1, -0.05) is 65.9 Å². The second-order valence-electron chi connectivity index (χ2n) is 8.18. The summed E-state index contributed by atoms with van der Waals surface area (Å²) in [6.45, 7) is 8.53. The number of nitrogens with zero attached hydrogens (tertiary/aromatic N) is 3. The fourth-order valence-corrected chi connectivity index (χ4v) is 5.35. The normalized spacial score (nSPS) is 10.7. The van der Waals surface area contributed by atoms with E-state index < -0.39 is 5.97 Å². The van der Waals surface area contributed by atoms with Crippen LogP contribution in [-0.2, 0) is 22.7 Å². The van der Waals surface area contributed by atoms with E-state index in [9.17, 15) is 9.59 Å². The summed E-state index contributed by atoms with van der Waals surface area (Å²) in [6, 6.07) is 17.3. The Balaban J connectivity index is 1.44. The minimum Gasteiger partial charge on any atom is -0.486 e. The van der Waals surface area contributed by atoms with Gasteiger partial charge in [-0.05, 0) is 31.5 Å². The fourth-order valence-electron chi connectivity index (χ4n) is 3.61. The number of hydrogen-bond donors (Lipinski definition) is 1. The minimum atomic E-state index is -0.473. The average Bonchev–Trinajstić information content (AvgIpc) is 3.52. The Hall–Kier alpha value is -3.89. The van der Waals surface area contributed by atoms with Gasteiger partial charge in [0, 0.05) is 17.5 Å². The van der Waals surface area contributed by atoms with Crippen LogP contribution in [0.2, 0.25) is 0 Å². The van der Waals surface area contributed by atoms with Crippen LogP contribution in [0.4, 0.5) is 5.00 Å². The van der Waals surface area contributed by atoms with Gasteiger partial charge < -0.3 is 14.8 Å². The molecule has 0 saturated heterocycles.